The second kappa shape index (κ2) is 7.99. The van der Waals surface area contributed by atoms with E-state index in [1.54, 1.807) is 4.68 Å². The predicted molar refractivity (Wildman–Crippen MR) is 99.0 cm³/mol. The van der Waals surface area contributed by atoms with Gasteiger partial charge in [-0.3, -0.25) is 4.79 Å². The van der Waals surface area contributed by atoms with Crippen LogP contribution in [0.1, 0.15) is 50.2 Å². The Balaban J connectivity index is 1.67. The van der Waals surface area contributed by atoms with Gasteiger partial charge in [-0.05, 0) is 67.3 Å². The highest BCUT2D eigenvalue weighted by molar-refractivity contribution is 8.00. The van der Waals surface area contributed by atoms with Crippen molar-refractivity contribution in [3.8, 4) is 5.69 Å². The second-order valence-electron chi connectivity index (χ2n) is 6.75. The summed E-state index contributed by atoms with van der Waals surface area (Å²) in [5.74, 6) is 0.0616. The van der Waals surface area contributed by atoms with Crippen molar-refractivity contribution >= 4 is 17.7 Å². The Hall–Kier alpha value is -1.89. The molecule has 1 saturated carbocycles. The van der Waals surface area contributed by atoms with Gasteiger partial charge in [0, 0.05) is 6.04 Å². The molecule has 1 aromatic carbocycles. The van der Waals surface area contributed by atoms with Gasteiger partial charge in [0.25, 0.3) is 0 Å². The van der Waals surface area contributed by atoms with Crippen molar-refractivity contribution in [2.75, 3.05) is 0 Å². The van der Waals surface area contributed by atoms with Crippen molar-refractivity contribution in [1.29, 1.82) is 0 Å². The minimum absolute atomic E-state index is 0.0616. The van der Waals surface area contributed by atoms with E-state index in [1.165, 1.54) is 42.2 Å². The number of aromatic nitrogens is 4. The molecule has 7 heteroatoms. The van der Waals surface area contributed by atoms with Gasteiger partial charge in [-0.15, -0.1) is 5.10 Å². The van der Waals surface area contributed by atoms with Gasteiger partial charge < -0.3 is 5.32 Å². The number of aryl methyl sites for hydroxylation is 2. The minimum atomic E-state index is -0.238. The largest absolute Gasteiger partial charge is 0.352 e. The number of tetrazole rings is 1. The van der Waals surface area contributed by atoms with E-state index in [9.17, 15) is 4.79 Å². The van der Waals surface area contributed by atoms with Gasteiger partial charge in [0.1, 0.15) is 0 Å². The van der Waals surface area contributed by atoms with Crippen molar-refractivity contribution in [3.63, 3.8) is 0 Å². The van der Waals surface area contributed by atoms with Crippen LogP contribution >= 0.6 is 11.8 Å². The molecule has 0 saturated heterocycles. The molecular formula is C18H25N5OS. The highest BCUT2D eigenvalue weighted by Crippen LogP contribution is 2.25. The molecule has 3 rings (SSSR count). The first kappa shape index (κ1) is 17.9. The number of hydrogen-bond acceptors (Lipinski definition) is 5. The number of nitrogens with zero attached hydrogens (tertiary/aromatic N) is 4. The molecular weight excluding hydrogens is 334 g/mol. The van der Waals surface area contributed by atoms with Crippen LogP contribution < -0.4 is 5.32 Å². The number of thioether (sulfide) groups is 1. The molecule has 0 bridgehead atoms. The van der Waals surface area contributed by atoms with Crippen LogP contribution in [0.4, 0.5) is 0 Å². The van der Waals surface area contributed by atoms with Crippen LogP contribution in [0.25, 0.3) is 5.69 Å². The maximum Gasteiger partial charge on any atom is 0.233 e. The lowest BCUT2D eigenvalue weighted by molar-refractivity contribution is -0.121. The van der Waals surface area contributed by atoms with E-state index in [1.807, 2.05) is 13.0 Å². The molecule has 1 atom stereocenters. The van der Waals surface area contributed by atoms with Gasteiger partial charge in [-0.25, -0.2) is 0 Å². The molecule has 1 amide bonds. The van der Waals surface area contributed by atoms with Crippen LogP contribution in [-0.4, -0.2) is 37.4 Å². The number of rotatable bonds is 5. The first-order valence-electron chi connectivity index (χ1n) is 8.87. The highest BCUT2D eigenvalue weighted by Gasteiger charge is 2.22. The van der Waals surface area contributed by atoms with Crippen LogP contribution in [0.3, 0.4) is 0 Å². The minimum Gasteiger partial charge on any atom is -0.352 e. The Morgan fingerprint density at radius 2 is 2.00 bits per heavy atom. The van der Waals surface area contributed by atoms with Crippen molar-refractivity contribution in [2.24, 2.45) is 0 Å². The fourth-order valence-corrected chi connectivity index (χ4v) is 3.87. The normalized spacial score (nSPS) is 16.6. The topological polar surface area (TPSA) is 72.7 Å². The number of amides is 1. The molecule has 1 aliphatic carbocycles. The molecule has 0 aliphatic heterocycles. The number of hydrogen-bond donors (Lipinski definition) is 1. The summed E-state index contributed by atoms with van der Waals surface area (Å²) in [4.78, 5) is 12.5. The molecule has 1 aromatic heterocycles. The van der Waals surface area contributed by atoms with Gasteiger partial charge >= 0.3 is 0 Å². The SMILES string of the molecule is Cc1ccc(-n2nnnc2S[C@@H](C)C(=O)NC2CCCCC2)cc1C. The quantitative estimate of drug-likeness (QED) is 0.830. The Morgan fingerprint density at radius 1 is 1.24 bits per heavy atom. The van der Waals surface area contributed by atoms with E-state index in [2.05, 4.69) is 46.8 Å². The van der Waals surface area contributed by atoms with E-state index in [4.69, 9.17) is 0 Å². The third-order valence-corrected chi connectivity index (χ3v) is 5.81. The van der Waals surface area contributed by atoms with Crippen LogP contribution in [0.15, 0.2) is 23.4 Å². The Bertz CT molecular complexity index is 739. The molecule has 134 valence electrons. The third kappa shape index (κ3) is 4.39. The monoisotopic (exact) mass is 359 g/mol. The number of nitrogens with one attached hydrogen (secondary N) is 1. The average molecular weight is 359 g/mol. The van der Waals surface area contributed by atoms with Crippen LogP contribution in [0, 0.1) is 13.8 Å². The summed E-state index contributed by atoms with van der Waals surface area (Å²) >= 11 is 1.39. The van der Waals surface area contributed by atoms with Gasteiger partial charge in [-0.1, -0.05) is 37.1 Å². The zero-order chi connectivity index (χ0) is 17.8. The van der Waals surface area contributed by atoms with E-state index in [-0.39, 0.29) is 11.2 Å². The molecule has 1 fully saturated rings. The second-order valence-corrected chi connectivity index (χ2v) is 8.05. The van der Waals surface area contributed by atoms with Gasteiger partial charge in [0.2, 0.25) is 11.1 Å². The van der Waals surface area contributed by atoms with E-state index >= 15 is 0 Å². The van der Waals surface area contributed by atoms with Crippen LogP contribution in [0.2, 0.25) is 0 Å². The van der Waals surface area contributed by atoms with Crippen molar-refractivity contribution < 1.29 is 4.79 Å². The number of benzene rings is 1. The molecule has 1 heterocycles. The van der Waals surface area contributed by atoms with Gasteiger partial charge in [0.05, 0.1) is 10.9 Å². The first-order valence-corrected chi connectivity index (χ1v) is 9.75. The zero-order valence-electron chi connectivity index (χ0n) is 15.0. The summed E-state index contributed by atoms with van der Waals surface area (Å²) in [6.07, 6.45) is 5.86. The zero-order valence-corrected chi connectivity index (χ0v) is 15.8. The lowest BCUT2D eigenvalue weighted by Crippen LogP contribution is -2.40. The number of carbonyl (C=O) groups excluding carboxylic acids is 1. The summed E-state index contributed by atoms with van der Waals surface area (Å²) < 4.78 is 1.70. The molecule has 1 N–H and O–H groups in total. The summed E-state index contributed by atoms with van der Waals surface area (Å²) in [5.41, 5.74) is 3.33. The van der Waals surface area contributed by atoms with E-state index in [0.29, 0.717) is 11.2 Å². The standard InChI is InChI=1S/C18H25N5OS/c1-12-9-10-16(11-13(12)2)23-18(20-21-22-23)25-14(3)17(24)19-15-7-5-4-6-8-15/h9-11,14-15H,4-8H2,1-3H3,(H,19,24)/t14-/m0/s1. The average Bonchev–Trinajstić information content (AvgIpc) is 3.06. The molecule has 2 aromatic rings. The fraction of sp³-hybridized carbons (Fsp3) is 0.556. The fourth-order valence-electron chi connectivity index (χ4n) is 3.05. The van der Waals surface area contributed by atoms with Gasteiger partial charge in [0.15, 0.2) is 0 Å². The van der Waals surface area contributed by atoms with Gasteiger partial charge in [-0.2, -0.15) is 4.68 Å². The van der Waals surface area contributed by atoms with Crippen LogP contribution in [-0.2, 0) is 4.79 Å². The maximum absolute atomic E-state index is 12.5. The maximum atomic E-state index is 12.5. The molecule has 1 aliphatic rings. The number of carbonyl (C=O) groups is 1. The smallest absolute Gasteiger partial charge is 0.233 e. The Morgan fingerprint density at radius 3 is 2.72 bits per heavy atom. The van der Waals surface area contributed by atoms with Crippen molar-refractivity contribution in [2.45, 2.75) is 69.3 Å². The van der Waals surface area contributed by atoms with Crippen molar-refractivity contribution in [3.05, 3.63) is 29.3 Å². The molecule has 0 unspecified atom stereocenters. The molecule has 0 radical (unpaired) electrons. The highest BCUT2D eigenvalue weighted by atomic mass is 32.2. The van der Waals surface area contributed by atoms with E-state index < -0.39 is 0 Å². The lowest BCUT2D eigenvalue weighted by atomic mass is 9.95. The lowest BCUT2D eigenvalue weighted by Gasteiger charge is -2.24. The Labute approximate surface area is 152 Å². The Kier molecular flexibility index (Phi) is 5.73. The molecule has 0 spiro atoms. The van der Waals surface area contributed by atoms with Crippen LogP contribution in [0.5, 0.6) is 0 Å². The molecule has 6 nitrogen and oxygen atoms in total. The summed E-state index contributed by atoms with van der Waals surface area (Å²) in [6, 6.07) is 6.43. The molecule has 25 heavy (non-hydrogen) atoms. The summed E-state index contributed by atoms with van der Waals surface area (Å²) in [5, 5.41) is 15.5. The summed E-state index contributed by atoms with van der Waals surface area (Å²) in [6.45, 7) is 6.05. The van der Waals surface area contributed by atoms with E-state index in [0.717, 1.165) is 18.5 Å². The predicted octanol–water partition coefficient (Wildman–Crippen LogP) is 3.21. The summed E-state index contributed by atoms with van der Waals surface area (Å²) in [7, 11) is 0. The van der Waals surface area contributed by atoms with Crippen molar-refractivity contribution in [1.82, 2.24) is 25.5 Å². The first-order chi connectivity index (χ1) is 12.0. The third-order valence-electron chi connectivity index (χ3n) is 4.78.